The van der Waals surface area contributed by atoms with Crippen LogP contribution in [0.1, 0.15) is 63.2 Å². The van der Waals surface area contributed by atoms with E-state index in [-0.39, 0.29) is 5.91 Å². The van der Waals surface area contributed by atoms with Gasteiger partial charge in [-0.25, -0.2) is 0 Å². The van der Waals surface area contributed by atoms with Gasteiger partial charge in [0.25, 0.3) is 5.91 Å². The topological polar surface area (TPSA) is 38.8 Å². The quantitative estimate of drug-likeness (QED) is 0.693. The van der Waals surface area contributed by atoms with Crippen LogP contribution in [0, 0.1) is 23.7 Å². The van der Waals surface area contributed by atoms with Crippen LogP contribution in [0.15, 0.2) is 18.2 Å². The Morgan fingerprint density at radius 3 is 2.07 bits per heavy atom. The first-order valence-electron chi connectivity index (χ1n) is 10.8. The van der Waals surface area contributed by atoms with E-state index in [2.05, 4.69) is 11.8 Å². The third kappa shape index (κ3) is 3.43. The summed E-state index contributed by atoms with van der Waals surface area (Å²) in [5, 5.41) is 0. The van der Waals surface area contributed by atoms with Gasteiger partial charge in [-0.05, 0) is 94.7 Å². The van der Waals surface area contributed by atoms with Gasteiger partial charge >= 0.3 is 0 Å². The third-order valence-corrected chi connectivity index (χ3v) is 6.93. The molecule has 5 rings (SSSR count). The fourth-order valence-electron chi connectivity index (χ4n) is 6.25. The average molecular weight is 372 g/mol. The van der Waals surface area contributed by atoms with E-state index in [0.29, 0.717) is 42.6 Å². The summed E-state index contributed by atoms with van der Waals surface area (Å²) in [6.07, 6.45) is 6.75. The fraction of sp³-hybridized carbons (Fsp3) is 0.696. The number of carbonyl (C=O) groups is 1. The van der Waals surface area contributed by atoms with Gasteiger partial charge in [-0.1, -0.05) is 0 Å². The molecule has 4 heteroatoms. The van der Waals surface area contributed by atoms with Crippen LogP contribution in [-0.4, -0.2) is 36.6 Å². The van der Waals surface area contributed by atoms with E-state index < -0.39 is 0 Å². The van der Waals surface area contributed by atoms with Crippen LogP contribution in [0.25, 0.3) is 0 Å². The highest BCUT2D eigenvalue weighted by Gasteiger charge is 2.50. The first-order valence-corrected chi connectivity index (χ1v) is 10.8. The summed E-state index contributed by atoms with van der Waals surface area (Å²) in [7, 11) is 0. The van der Waals surface area contributed by atoms with Crippen molar-refractivity contribution in [3.8, 4) is 11.5 Å². The molecule has 4 fully saturated rings. The van der Waals surface area contributed by atoms with E-state index in [1.54, 1.807) is 0 Å². The molecule has 4 aliphatic rings. The Morgan fingerprint density at radius 1 is 0.926 bits per heavy atom. The zero-order chi connectivity index (χ0) is 19.0. The molecule has 0 saturated heterocycles. The summed E-state index contributed by atoms with van der Waals surface area (Å²) < 4.78 is 11.4. The number of hydrogen-bond acceptors (Lipinski definition) is 3. The lowest BCUT2D eigenvalue weighted by atomic mass is 9.54. The first kappa shape index (κ1) is 18.6. The Labute approximate surface area is 163 Å². The normalized spacial score (nSPS) is 31.0. The van der Waals surface area contributed by atoms with E-state index in [9.17, 15) is 4.79 Å². The van der Waals surface area contributed by atoms with Gasteiger partial charge < -0.3 is 14.4 Å². The third-order valence-electron chi connectivity index (χ3n) is 6.93. The standard InChI is InChI=1S/C23H33NO3/c1-4-24(22-18-10-15-9-16(12-18)13-19(22)11-15)23(25)17-7-8-20(26-5-2)21(14-17)27-6-3/h7-8,14-16,18-19,22H,4-6,9-13H2,1-3H3. The van der Waals surface area contributed by atoms with E-state index >= 15 is 0 Å². The van der Waals surface area contributed by atoms with Crippen molar-refractivity contribution in [3.05, 3.63) is 23.8 Å². The molecule has 0 aromatic heterocycles. The van der Waals surface area contributed by atoms with E-state index in [4.69, 9.17) is 9.47 Å². The first-order chi connectivity index (χ1) is 13.1. The van der Waals surface area contributed by atoms with Gasteiger partial charge in [-0.15, -0.1) is 0 Å². The fourth-order valence-corrected chi connectivity index (χ4v) is 6.25. The van der Waals surface area contributed by atoms with E-state index in [1.807, 2.05) is 32.0 Å². The van der Waals surface area contributed by atoms with Gasteiger partial charge in [-0.3, -0.25) is 4.79 Å². The molecule has 0 N–H and O–H groups in total. The van der Waals surface area contributed by atoms with Crippen LogP contribution in [-0.2, 0) is 0 Å². The molecular formula is C23H33NO3. The monoisotopic (exact) mass is 371 g/mol. The van der Waals surface area contributed by atoms with Crippen molar-refractivity contribution in [1.82, 2.24) is 4.90 Å². The molecule has 0 heterocycles. The predicted octanol–water partition coefficient (Wildman–Crippen LogP) is 4.77. The van der Waals surface area contributed by atoms with Crippen LogP contribution in [0.3, 0.4) is 0 Å². The Bertz CT molecular complexity index is 658. The van der Waals surface area contributed by atoms with Gasteiger partial charge in [0.2, 0.25) is 0 Å². The Morgan fingerprint density at radius 2 is 1.52 bits per heavy atom. The van der Waals surface area contributed by atoms with Crippen molar-refractivity contribution in [2.24, 2.45) is 23.7 Å². The molecule has 0 radical (unpaired) electrons. The van der Waals surface area contributed by atoms with Crippen LogP contribution in [0.2, 0.25) is 0 Å². The summed E-state index contributed by atoms with van der Waals surface area (Å²) in [6.45, 7) is 7.97. The predicted molar refractivity (Wildman–Crippen MR) is 106 cm³/mol. The lowest BCUT2D eigenvalue weighted by Crippen LogP contribution is -2.57. The molecule has 4 nitrogen and oxygen atoms in total. The summed E-state index contributed by atoms with van der Waals surface area (Å²) in [6, 6.07) is 6.08. The number of carbonyl (C=O) groups excluding carboxylic acids is 1. The minimum absolute atomic E-state index is 0.152. The molecule has 1 amide bonds. The maximum Gasteiger partial charge on any atom is 0.254 e. The lowest BCUT2D eigenvalue weighted by Gasteiger charge is -2.57. The molecule has 0 aliphatic heterocycles. The average Bonchev–Trinajstić information content (AvgIpc) is 2.65. The molecule has 0 unspecified atom stereocenters. The number of benzene rings is 1. The molecule has 0 spiro atoms. The van der Waals surface area contributed by atoms with Gasteiger partial charge in [-0.2, -0.15) is 0 Å². The van der Waals surface area contributed by atoms with Crippen molar-refractivity contribution in [2.45, 2.75) is 58.9 Å². The lowest BCUT2D eigenvalue weighted by molar-refractivity contribution is -0.0543. The van der Waals surface area contributed by atoms with Gasteiger partial charge in [0.15, 0.2) is 11.5 Å². The second-order valence-corrected chi connectivity index (χ2v) is 8.54. The van der Waals surface area contributed by atoms with Gasteiger partial charge in [0.05, 0.1) is 13.2 Å². The summed E-state index contributed by atoms with van der Waals surface area (Å²) in [5.74, 6) is 4.80. The smallest absolute Gasteiger partial charge is 0.254 e. The molecule has 4 aliphatic carbocycles. The Kier molecular flexibility index (Phi) is 5.34. The molecule has 1 aromatic carbocycles. The van der Waals surface area contributed by atoms with Crippen LogP contribution >= 0.6 is 0 Å². The zero-order valence-electron chi connectivity index (χ0n) is 16.9. The maximum absolute atomic E-state index is 13.5. The highest BCUT2D eigenvalue weighted by Crippen LogP contribution is 2.55. The molecular weight excluding hydrogens is 338 g/mol. The molecule has 4 bridgehead atoms. The summed E-state index contributed by atoms with van der Waals surface area (Å²) in [5.41, 5.74) is 0.720. The maximum atomic E-state index is 13.5. The molecule has 148 valence electrons. The highest BCUT2D eigenvalue weighted by molar-refractivity contribution is 5.95. The minimum Gasteiger partial charge on any atom is -0.490 e. The largest absolute Gasteiger partial charge is 0.490 e. The Balaban J connectivity index is 1.58. The van der Waals surface area contributed by atoms with Crippen molar-refractivity contribution >= 4 is 5.91 Å². The minimum atomic E-state index is 0.152. The summed E-state index contributed by atoms with van der Waals surface area (Å²) >= 11 is 0. The SMILES string of the molecule is CCOc1ccc(C(=O)N(CC)C2C3CC4CC(C3)CC2C4)cc1OCC. The molecule has 1 aromatic rings. The van der Waals surface area contributed by atoms with Crippen molar-refractivity contribution < 1.29 is 14.3 Å². The molecule has 4 saturated carbocycles. The van der Waals surface area contributed by atoms with E-state index in [1.165, 1.54) is 32.1 Å². The Hall–Kier alpha value is -1.71. The van der Waals surface area contributed by atoms with Crippen LogP contribution < -0.4 is 9.47 Å². The van der Waals surface area contributed by atoms with Crippen molar-refractivity contribution in [2.75, 3.05) is 19.8 Å². The number of rotatable bonds is 7. The number of nitrogens with zero attached hydrogens (tertiary/aromatic N) is 1. The second kappa shape index (κ2) is 7.73. The van der Waals surface area contributed by atoms with Crippen LogP contribution in [0.4, 0.5) is 0 Å². The van der Waals surface area contributed by atoms with E-state index in [0.717, 1.165) is 23.9 Å². The second-order valence-electron chi connectivity index (χ2n) is 8.54. The van der Waals surface area contributed by atoms with Crippen LogP contribution in [0.5, 0.6) is 11.5 Å². The van der Waals surface area contributed by atoms with Crippen molar-refractivity contribution in [3.63, 3.8) is 0 Å². The molecule has 0 atom stereocenters. The van der Waals surface area contributed by atoms with Gasteiger partial charge in [0, 0.05) is 18.2 Å². The summed E-state index contributed by atoms with van der Waals surface area (Å²) in [4.78, 5) is 15.6. The highest BCUT2D eigenvalue weighted by atomic mass is 16.5. The number of amides is 1. The van der Waals surface area contributed by atoms with Crippen molar-refractivity contribution in [1.29, 1.82) is 0 Å². The van der Waals surface area contributed by atoms with Gasteiger partial charge in [0.1, 0.15) is 0 Å². The number of ether oxygens (including phenoxy) is 2. The number of hydrogen-bond donors (Lipinski definition) is 0. The molecule has 27 heavy (non-hydrogen) atoms. The zero-order valence-corrected chi connectivity index (χ0v) is 16.9.